The lowest BCUT2D eigenvalue weighted by Gasteiger charge is -2.16. The normalized spacial score (nSPS) is 16.0. The van der Waals surface area contributed by atoms with E-state index >= 15 is 0 Å². The molecule has 0 heterocycles. The number of carbonyl (C=O) groups is 2. The summed E-state index contributed by atoms with van der Waals surface area (Å²) in [5, 5.41) is 4.18. The van der Waals surface area contributed by atoms with Crippen LogP contribution in [0.4, 0.5) is 0 Å². The maximum absolute atomic E-state index is 11.4. The largest absolute Gasteiger partial charge is 0.418 e. The van der Waals surface area contributed by atoms with Gasteiger partial charge < -0.3 is 30.6 Å². The number of ether oxygens (including phenoxy) is 2. The van der Waals surface area contributed by atoms with Gasteiger partial charge >= 0.3 is 11.9 Å². The van der Waals surface area contributed by atoms with Crippen LogP contribution < -0.4 is 11.5 Å². The molecule has 0 radical (unpaired) electrons. The molecule has 0 saturated heterocycles. The van der Waals surface area contributed by atoms with E-state index in [0.29, 0.717) is 12.2 Å². The number of carbonyl (C=O) groups excluding carboxylic acids is 2. The highest BCUT2D eigenvalue weighted by Gasteiger charge is 2.21. The van der Waals surface area contributed by atoms with Crippen molar-refractivity contribution in [3.05, 3.63) is 22.0 Å². The second-order valence-corrected chi connectivity index (χ2v) is 4.02. The highest BCUT2D eigenvalue weighted by molar-refractivity contribution is 5.91. The molecule has 0 amide bonds. The van der Waals surface area contributed by atoms with Crippen LogP contribution in [0.2, 0.25) is 0 Å². The Kier molecular flexibility index (Phi) is 8.97. The van der Waals surface area contributed by atoms with Crippen molar-refractivity contribution in [3.63, 3.8) is 0 Å². The van der Waals surface area contributed by atoms with Crippen molar-refractivity contribution < 1.29 is 28.7 Å². The summed E-state index contributed by atoms with van der Waals surface area (Å²) in [7, 11) is 0. The molecule has 4 N–H and O–H groups in total. The van der Waals surface area contributed by atoms with Crippen LogP contribution in [0.1, 0.15) is 13.8 Å². The van der Waals surface area contributed by atoms with E-state index in [9.17, 15) is 19.4 Å². The molecule has 12 nitrogen and oxygen atoms in total. The van der Waals surface area contributed by atoms with Crippen molar-refractivity contribution in [3.8, 4) is 0 Å². The maximum Gasteiger partial charge on any atom is 0.334 e. The number of hydrogen-bond donors (Lipinski definition) is 2. The van der Waals surface area contributed by atoms with Crippen molar-refractivity contribution in [1.29, 1.82) is 0 Å². The summed E-state index contributed by atoms with van der Waals surface area (Å²) in [5.41, 5.74) is 10.7. The summed E-state index contributed by atoms with van der Waals surface area (Å²) < 4.78 is 9.21. The predicted molar refractivity (Wildman–Crippen MR) is 70.0 cm³/mol. The highest BCUT2D eigenvalue weighted by atomic mass is 16.8. The topological polar surface area (TPSA) is 182 Å². The Morgan fingerprint density at radius 1 is 0.864 bits per heavy atom. The van der Waals surface area contributed by atoms with Crippen LogP contribution in [-0.4, -0.2) is 36.6 Å². The Morgan fingerprint density at radius 3 is 1.41 bits per heavy atom. The van der Waals surface area contributed by atoms with Gasteiger partial charge in [-0.3, -0.25) is 0 Å². The van der Waals surface area contributed by atoms with Gasteiger partial charge in [0.05, 0.1) is 12.1 Å². The first-order chi connectivity index (χ1) is 10.3. The first kappa shape index (κ1) is 19.4. The first-order valence-corrected chi connectivity index (χ1v) is 5.89. The average molecular weight is 320 g/mol. The smallest absolute Gasteiger partial charge is 0.334 e. The monoisotopic (exact) mass is 320 g/mol. The van der Waals surface area contributed by atoms with Gasteiger partial charge in [-0.25, -0.2) is 9.59 Å². The van der Waals surface area contributed by atoms with Crippen LogP contribution in [0.15, 0.2) is 22.8 Å². The van der Waals surface area contributed by atoms with Crippen LogP contribution >= 0.6 is 0 Å². The maximum atomic E-state index is 11.4. The van der Waals surface area contributed by atoms with E-state index in [2.05, 4.69) is 29.8 Å². The molecule has 0 bridgehead atoms. The minimum absolute atomic E-state index is 0.679. The lowest BCUT2D eigenvalue weighted by molar-refractivity contribution is -0.180. The van der Waals surface area contributed by atoms with Crippen LogP contribution in [0, 0.1) is 9.81 Å². The lowest BCUT2D eigenvalue weighted by atomic mass is 10.3. The standard InChI is InChI=1S/C10H16N4O8/c1-5(11)9(21-13-17)19-7(15)3-4-8(16)20-10(6(2)12)22-14-18/h3-6,9-10H,11-12H2,1-2H3/b4-3+. The molecule has 0 aliphatic heterocycles. The number of rotatable bonds is 10. The van der Waals surface area contributed by atoms with E-state index in [1.807, 2.05) is 0 Å². The Morgan fingerprint density at radius 2 is 1.18 bits per heavy atom. The molecule has 4 unspecified atom stereocenters. The minimum Gasteiger partial charge on any atom is -0.418 e. The summed E-state index contributed by atoms with van der Waals surface area (Å²) >= 11 is 0. The second-order valence-electron chi connectivity index (χ2n) is 4.02. The minimum atomic E-state index is -1.41. The molecule has 22 heavy (non-hydrogen) atoms. The number of esters is 2. The number of hydrogen-bond acceptors (Lipinski definition) is 12. The summed E-state index contributed by atoms with van der Waals surface area (Å²) in [5.74, 6) is -2.09. The van der Waals surface area contributed by atoms with E-state index in [-0.39, 0.29) is 0 Å². The molecule has 0 aliphatic rings. The Hall–Kier alpha value is -2.60. The van der Waals surface area contributed by atoms with Crippen molar-refractivity contribution in [2.75, 3.05) is 0 Å². The van der Waals surface area contributed by atoms with Gasteiger partial charge in [0.2, 0.25) is 0 Å². The van der Waals surface area contributed by atoms with Crippen LogP contribution in [0.25, 0.3) is 0 Å². The Bertz CT molecular complexity index is 387. The third-order valence-corrected chi connectivity index (χ3v) is 1.97. The lowest BCUT2D eigenvalue weighted by Crippen LogP contribution is -2.37. The molecular weight excluding hydrogens is 304 g/mol. The highest BCUT2D eigenvalue weighted by Crippen LogP contribution is 2.03. The summed E-state index contributed by atoms with van der Waals surface area (Å²) in [6.45, 7) is 2.80. The van der Waals surface area contributed by atoms with Gasteiger partial charge in [-0.15, -0.1) is 9.81 Å². The van der Waals surface area contributed by atoms with Gasteiger partial charge in [0, 0.05) is 12.2 Å². The zero-order valence-corrected chi connectivity index (χ0v) is 11.8. The van der Waals surface area contributed by atoms with Crippen LogP contribution in [0.5, 0.6) is 0 Å². The van der Waals surface area contributed by atoms with E-state index in [1.54, 1.807) is 0 Å². The number of nitrogens with zero attached hydrogens (tertiary/aromatic N) is 2. The molecular formula is C10H16N4O8. The predicted octanol–water partition coefficient (Wildman–Crippen LogP) is -0.628. The fourth-order valence-corrected chi connectivity index (χ4v) is 0.978. The van der Waals surface area contributed by atoms with E-state index < -0.39 is 36.6 Å². The third-order valence-electron chi connectivity index (χ3n) is 1.97. The van der Waals surface area contributed by atoms with Crippen molar-refractivity contribution in [2.24, 2.45) is 22.1 Å². The first-order valence-electron chi connectivity index (χ1n) is 5.89. The van der Waals surface area contributed by atoms with Gasteiger partial charge in [0.1, 0.15) is 0 Å². The van der Waals surface area contributed by atoms with E-state index in [0.717, 1.165) is 0 Å². The zero-order valence-electron chi connectivity index (χ0n) is 11.8. The molecule has 124 valence electrons. The molecule has 0 aromatic heterocycles. The average Bonchev–Trinajstić information content (AvgIpc) is 2.44. The fourth-order valence-electron chi connectivity index (χ4n) is 0.978. The molecule has 0 aromatic rings. The molecule has 0 spiro atoms. The van der Waals surface area contributed by atoms with Gasteiger partial charge in [0.25, 0.3) is 12.6 Å². The Labute approximate surface area is 124 Å². The second kappa shape index (κ2) is 10.2. The molecule has 0 aromatic carbocycles. The van der Waals surface area contributed by atoms with E-state index in [1.165, 1.54) is 13.8 Å². The zero-order chi connectivity index (χ0) is 17.1. The number of nitrogens with two attached hydrogens (primary N) is 2. The summed E-state index contributed by atoms with van der Waals surface area (Å²) in [4.78, 5) is 51.0. The molecule has 0 aliphatic carbocycles. The van der Waals surface area contributed by atoms with Crippen LogP contribution in [-0.2, 0) is 28.7 Å². The fraction of sp³-hybridized carbons (Fsp3) is 0.600. The van der Waals surface area contributed by atoms with Crippen molar-refractivity contribution >= 4 is 11.9 Å². The molecule has 0 saturated carbocycles. The van der Waals surface area contributed by atoms with Crippen LogP contribution in [0.3, 0.4) is 0 Å². The van der Waals surface area contributed by atoms with Gasteiger partial charge in [-0.2, -0.15) is 0 Å². The quantitative estimate of drug-likeness (QED) is 0.173. The van der Waals surface area contributed by atoms with Crippen molar-refractivity contribution in [1.82, 2.24) is 0 Å². The van der Waals surface area contributed by atoms with Crippen molar-refractivity contribution in [2.45, 2.75) is 38.5 Å². The van der Waals surface area contributed by atoms with Gasteiger partial charge in [-0.05, 0) is 13.8 Å². The molecule has 0 rings (SSSR count). The Balaban J connectivity index is 4.49. The third kappa shape index (κ3) is 7.86. The molecule has 12 heteroatoms. The van der Waals surface area contributed by atoms with Gasteiger partial charge in [0.15, 0.2) is 10.7 Å². The summed E-state index contributed by atoms with van der Waals surface area (Å²) in [6.07, 6.45) is -1.47. The molecule has 4 atom stereocenters. The van der Waals surface area contributed by atoms with E-state index in [4.69, 9.17) is 11.5 Å². The summed E-state index contributed by atoms with van der Waals surface area (Å²) in [6, 6.07) is -1.67. The molecule has 0 fully saturated rings. The van der Waals surface area contributed by atoms with Gasteiger partial charge in [-0.1, -0.05) is 0 Å². The SMILES string of the molecule is CC(N)C(ON=O)OC(=O)/C=C/C(=O)OC(ON=O)C(C)N.